The lowest BCUT2D eigenvalue weighted by Crippen LogP contribution is -2.29. The summed E-state index contributed by atoms with van der Waals surface area (Å²) in [7, 11) is -4.75. The summed E-state index contributed by atoms with van der Waals surface area (Å²) in [5.41, 5.74) is 0. The molecule has 0 aliphatic rings. The molecule has 0 amide bonds. The first kappa shape index (κ1) is 44.5. The van der Waals surface area contributed by atoms with Gasteiger partial charge in [-0.25, -0.2) is 4.57 Å². The van der Waals surface area contributed by atoms with Crippen LogP contribution in [-0.4, -0.2) is 41.0 Å². The van der Waals surface area contributed by atoms with Crippen LogP contribution in [0.3, 0.4) is 0 Å². The summed E-state index contributed by atoms with van der Waals surface area (Å²) in [4.78, 5) is 42.6. The molecule has 2 N–H and O–H groups in total. The van der Waals surface area contributed by atoms with Gasteiger partial charge in [0.25, 0.3) is 0 Å². The van der Waals surface area contributed by atoms with Gasteiger partial charge in [0.15, 0.2) is 6.10 Å². The van der Waals surface area contributed by atoms with E-state index in [1.807, 2.05) is 0 Å². The molecule has 46 heavy (non-hydrogen) atoms. The van der Waals surface area contributed by atoms with Gasteiger partial charge in [0, 0.05) is 12.8 Å². The summed E-state index contributed by atoms with van der Waals surface area (Å²) in [6.45, 7) is 3.61. The van der Waals surface area contributed by atoms with Crippen LogP contribution in [0.5, 0.6) is 0 Å². The lowest BCUT2D eigenvalue weighted by molar-refractivity contribution is -0.161. The van der Waals surface area contributed by atoms with Crippen molar-refractivity contribution in [1.82, 2.24) is 0 Å². The lowest BCUT2D eigenvalue weighted by Gasteiger charge is -2.18. The predicted molar refractivity (Wildman–Crippen MR) is 189 cm³/mol. The molecule has 0 rings (SSSR count). The minimum Gasteiger partial charge on any atom is -0.462 e. The molecular weight excluding hydrogens is 603 g/mol. The smallest absolute Gasteiger partial charge is 0.462 e. The monoisotopic (exact) mass is 672 g/mol. The number of unbranched alkanes of at least 4 members (excludes halogenated alkanes) is 20. The zero-order valence-electron chi connectivity index (χ0n) is 29.5. The van der Waals surface area contributed by atoms with Gasteiger partial charge in [-0.3, -0.25) is 14.1 Å². The number of rotatable bonds is 34. The fourth-order valence-electron chi connectivity index (χ4n) is 5.11. The Hall–Kier alpha value is -1.47. The average Bonchev–Trinajstić information content (AvgIpc) is 3.02. The van der Waals surface area contributed by atoms with E-state index < -0.39 is 32.5 Å². The molecule has 0 saturated carbocycles. The van der Waals surface area contributed by atoms with Crippen molar-refractivity contribution < 1.29 is 37.9 Å². The number of carbonyl (C=O) groups is 2. The summed E-state index contributed by atoms with van der Waals surface area (Å²) in [5.74, 6) is -0.897. The van der Waals surface area contributed by atoms with Crippen LogP contribution >= 0.6 is 7.82 Å². The molecule has 9 heteroatoms. The zero-order chi connectivity index (χ0) is 34.0. The number of ether oxygens (including phenoxy) is 2. The Labute approximate surface area is 281 Å². The molecule has 0 aliphatic heterocycles. The molecule has 0 aliphatic carbocycles. The number of phosphoric ester groups is 1. The fraction of sp³-hybridized carbons (Fsp3) is 0.838. The van der Waals surface area contributed by atoms with Crippen LogP contribution in [0.2, 0.25) is 0 Å². The molecule has 0 fully saturated rings. The van der Waals surface area contributed by atoms with E-state index in [1.54, 1.807) is 0 Å². The predicted octanol–water partition coefficient (Wildman–Crippen LogP) is 10.8. The highest BCUT2D eigenvalue weighted by molar-refractivity contribution is 7.46. The van der Waals surface area contributed by atoms with Gasteiger partial charge in [0.1, 0.15) is 6.61 Å². The Balaban J connectivity index is 3.93. The van der Waals surface area contributed by atoms with E-state index in [9.17, 15) is 14.2 Å². The van der Waals surface area contributed by atoms with Gasteiger partial charge in [-0.1, -0.05) is 134 Å². The molecule has 0 bridgehead atoms. The number of phosphoric acid groups is 1. The molecule has 0 unspecified atom stereocenters. The Morgan fingerprint density at radius 3 is 1.39 bits per heavy atom. The van der Waals surface area contributed by atoms with Crippen molar-refractivity contribution in [3.63, 3.8) is 0 Å². The maximum atomic E-state index is 12.3. The normalized spacial score (nSPS) is 12.7. The Bertz CT molecular complexity index is 807. The minimum absolute atomic E-state index is 0.202. The van der Waals surface area contributed by atoms with Gasteiger partial charge in [-0.05, 0) is 57.8 Å². The molecule has 8 nitrogen and oxygen atoms in total. The molecule has 0 aromatic heterocycles. The van der Waals surface area contributed by atoms with Crippen LogP contribution in [0, 0.1) is 0 Å². The third kappa shape index (κ3) is 35.4. The number of hydrogen-bond acceptors (Lipinski definition) is 6. The molecular formula is C37H69O8P. The average molecular weight is 673 g/mol. The highest BCUT2D eigenvalue weighted by Gasteiger charge is 2.22. The first-order chi connectivity index (χ1) is 22.3. The summed E-state index contributed by atoms with van der Waals surface area (Å²) >= 11 is 0. The number of carbonyl (C=O) groups excluding carboxylic acids is 2. The minimum atomic E-state index is -4.75. The van der Waals surface area contributed by atoms with Crippen LogP contribution in [0.1, 0.15) is 181 Å². The molecule has 0 saturated heterocycles. The highest BCUT2D eigenvalue weighted by Crippen LogP contribution is 2.36. The molecule has 270 valence electrons. The lowest BCUT2D eigenvalue weighted by atomic mass is 10.1. The molecule has 0 spiro atoms. The number of allylic oxidation sites excluding steroid dienone is 4. The summed E-state index contributed by atoms with van der Waals surface area (Å²) < 4.78 is 26.2. The third-order valence-corrected chi connectivity index (χ3v) is 8.43. The highest BCUT2D eigenvalue weighted by atomic mass is 31.2. The summed E-state index contributed by atoms with van der Waals surface area (Å²) in [6, 6.07) is 0. The van der Waals surface area contributed by atoms with E-state index in [4.69, 9.17) is 19.3 Å². The molecule has 0 aromatic carbocycles. The van der Waals surface area contributed by atoms with Gasteiger partial charge in [0.2, 0.25) is 0 Å². The topological polar surface area (TPSA) is 119 Å². The van der Waals surface area contributed by atoms with Crippen molar-refractivity contribution in [2.45, 2.75) is 187 Å². The molecule has 0 heterocycles. The van der Waals surface area contributed by atoms with Crippen molar-refractivity contribution >= 4 is 19.8 Å². The quantitative estimate of drug-likeness (QED) is 0.0300. The third-order valence-electron chi connectivity index (χ3n) is 7.94. The van der Waals surface area contributed by atoms with Gasteiger partial charge in [-0.2, -0.15) is 0 Å². The van der Waals surface area contributed by atoms with E-state index >= 15 is 0 Å². The van der Waals surface area contributed by atoms with Crippen LogP contribution < -0.4 is 0 Å². The van der Waals surface area contributed by atoms with Crippen LogP contribution in [-0.2, 0) is 28.2 Å². The van der Waals surface area contributed by atoms with Crippen LogP contribution in [0.4, 0.5) is 0 Å². The van der Waals surface area contributed by atoms with Gasteiger partial charge < -0.3 is 19.3 Å². The van der Waals surface area contributed by atoms with Crippen molar-refractivity contribution in [3.8, 4) is 0 Å². The second-order valence-electron chi connectivity index (χ2n) is 12.5. The van der Waals surface area contributed by atoms with E-state index in [1.165, 1.54) is 89.9 Å². The Kier molecular flexibility index (Phi) is 32.4. The van der Waals surface area contributed by atoms with Gasteiger partial charge >= 0.3 is 19.8 Å². The fourth-order valence-corrected chi connectivity index (χ4v) is 5.47. The zero-order valence-corrected chi connectivity index (χ0v) is 30.4. The second-order valence-corrected chi connectivity index (χ2v) is 13.8. The van der Waals surface area contributed by atoms with Gasteiger partial charge in [-0.15, -0.1) is 0 Å². The first-order valence-corrected chi connectivity index (χ1v) is 20.2. The molecule has 1 atom stereocenters. The SMILES string of the molecule is CCCC/C=C/CCCCCCCC(=O)O[C@H](COC(=O)CCCCCCCCCCC/C=C/CCCCCC)COP(=O)(O)O. The Morgan fingerprint density at radius 1 is 0.543 bits per heavy atom. The van der Waals surface area contributed by atoms with Gasteiger partial charge in [0.05, 0.1) is 6.61 Å². The largest absolute Gasteiger partial charge is 0.469 e. The van der Waals surface area contributed by atoms with Crippen molar-refractivity contribution in [1.29, 1.82) is 0 Å². The van der Waals surface area contributed by atoms with Crippen molar-refractivity contribution in [2.24, 2.45) is 0 Å². The molecule has 0 radical (unpaired) electrons. The summed E-state index contributed by atoms with van der Waals surface area (Å²) in [5, 5.41) is 0. The standard InChI is InChI=1S/C37H69O8P/c1-3-5-7-9-11-13-15-16-17-18-19-20-22-23-25-27-29-31-36(38)43-33-35(34-44-46(40,41)42)45-37(39)32-30-28-26-24-21-14-12-10-8-6-4-2/h10,12-13,15,35H,3-9,11,14,16-34H2,1-2H3,(H2,40,41,42)/b12-10+,15-13+/t35-/m1/s1. The number of hydrogen-bond donors (Lipinski definition) is 2. The number of esters is 2. The second kappa shape index (κ2) is 33.4. The van der Waals surface area contributed by atoms with E-state index in [-0.39, 0.29) is 19.4 Å². The maximum absolute atomic E-state index is 12.3. The summed E-state index contributed by atoms with van der Waals surface area (Å²) in [6.07, 6.45) is 36.1. The molecule has 0 aromatic rings. The van der Waals surface area contributed by atoms with Crippen molar-refractivity contribution in [3.05, 3.63) is 24.3 Å². The first-order valence-electron chi connectivity index (χ1n) is 18.6. The van der Waals surface area contributed by atoms with Crippen LogP contribution in [0.25, 0.3) is 0 Å². The van der Waals surface area contributed by atoms with Crippen LogP contribution in [0.15, 0.2) is 24.3 Å². The van der Waals surface area contributed by atoms with E-state index in [0.717, 1.165) is 57.8 Å². The maximum Gasteiger partial charge on any atom is 0.469 e. The van der Waals surface area contributed by atoms with E-state index in [0.29, 0.717) is 6.42 Å². The van der Waals surface area contributed by atoms with Crippen molar-refractivity contribution in [2.75, 3.05) is 13.2 Å². The van der Waals surface area contributed by atoms with E-state index in [2.05, 4.69) is 42.7 Å². The Morgan fingerprint density at radius 2 is 0.935 bits per heavy atom.